The van der Waals surface area contributed by atoms with Crippen molar-refractivity contribution in [3.8, 4) is 0 Å². The van der Waals surface area contributed by atoms with Crippen molar-refractivity contribution in [3.63, 3.8) is 0 Å². The van der Waals surface area contributed by atoms with Crippen molar-refractivity contribution in [3.05, 3.63) is 0 Å². The minimum atomic E-state index is -0.359. The molecule has 19 heavy (non-hydrogen) atoms. The normalized spacial score (nSPS) is 25.3. The van der Waals surface area contributed by atoms with Gasteiger partial charge in [0, 0.05) is 6.42 Å². The van der Waals surface area contributed by atoms with Crippen LogP contribution in [0.5, 0.6) is 0 Å². The average molecular weight is 270 g/mol. The summed E-state index contributed by atoms with van der Waals surface area (Å²) in [5.74, 6) is 1.16. The van der Waals surface area contributed by atoms with Gasteiger partial charge in [-0.3, -0.25) is 4.79 Å². The van der Waals surface area contributed by atoms with Crippen molar-refractivity contribution in [1.29, 1.82) is 0 Å². The van der Waals surface area contributed by atoms with Crippen LogP contribution in [0.2, 0.25) is 0 Å². The van der Waals surface area contributed by atoms with E-state index >= 15 is 0 Å². The zero-order chi connectivity index (χ0) is 14.3. The molecule has 4 nitrogen and oxygen atoms in total. The summed E-state index contributed by atoms with van der Waals surface area (Å²) >= 11 is 0. The minimum Gasteiger partial charge on any atom is -0.391 e. The van der Waals surface area contributed by atoms with Gasteiger partial charge in [-0.1, -0.05) is 26.7 Å². The lowest BCUT2D eigenvalue weighted by Crippen LogP contribution is -2.45. The number of hydrogen-bond acceptors (Lipinski definition) is 3. The topological polar surface area (TPSA) is 75.4 Å². The van der Waals surface area contributed by atoms with E-state index in [1.807, 2.05) is 0 Å². The Balaban J connectivity index is 2.29. The summed E-state index contributed by atoms with van der Waals surface area (Å²) in [6.07, 6.45) is 5.95. The summed E-state index contributed by atoms with van der Waals surface area (Å²) < 4.78 is 0. The van der Waals surface area contributed by atoms with Crippen molar-refractivity contribution in [2.24, 2.45) is 17.6 Å². The first-order valence-corrected chi connectivity index (χ1v) is 7.72. The maximum Gasteiger partial charge on any atom is 0.220 e. The van der Waals surface area contributed by atoms with E-state index in [1.54, 1.807) is 0 Å². The summed E-state index contributed by atoms with van der Waals surface area (Å²) in [6, 6.07) is -0.0340. The fraction of sp³-hybridized carbons (Fsp3) is 0.933. The number of aliphatic hydroxyl groups excluding tert-OH is 1. The predicted octanol–water partition coefficient (Wildman–Crippen LogP) is 1.81. The monoisotopic (exact) mass is 270 g/mol. The standard InChI is InChI=1S/C15H30N2O2/c1-11(2)12(9-10-16)7-8-15(19)17-13-5-3-4-6-14(13)18/h11-14,18H,3-10,16H2,1-2H3,(H,17,19)/t12?,13-,14-/m1/s1. The molecule has 4 N–H and O–H groups in total. The van der Waals surface area contributed by atoms with Crippen LogP contribution >= 0.6 is 0 Å². The van der Waals surface area contributed by atoms with E-state index in [1.165, 1.54) is 0 Å². The van der Waals surface area contributed by atoms with Gasteiger partial charge in [-0.05, 0) is 44.1 Å². The molecule has 1 amide bonds. The van der Waals surface area contributed by atoms with E-state index in [0.717, 1.165) is 38.5 Å². The second kappa shape index (κ2) is 8.54. The molecule has 1 fully saturated rings. The first kappa shape index (κ1) is 16.4. The van der Waals surface area contributed by atoms with Crippen LogP contribution in [0.4, 0.5) is 0 Å². The summed E-state index contributed by atoms with van der Waals surface area (Å²) in [7, 11) is 0. The quantitative estimate of drug-likeness (QED) is 0.660. The number of hydrogen-bond donors (Lipinski definition) is 3. The molecular formula is C15H30N2O2. The molecule has 3 atom stereocenters. The van der Waals surface area contributed by atoms with Crippen LogP contribution in [0, 0.1) is 11.8 Å². The SMILES string of the molecule is CC(C)C(CCN)CCC(=O)N[C@@H]1CCCC[C@H]1O. The lowest BCUT2D eigenvalue weighted by atomic mass is 9.88. The Morgan fingerprint density at radius 1 is 1.32 bits per heavy atom. The van der Waals surface area contributed by atoms with E-state index in [0.29, 0.717) is 24.8 Å². The Hall–Kier alpha value is -0.610. The third-order valence-electron chi connectivity index (χ3n) is 4.30. The minimum absolute atomic E-state index is 0.0340. The summed E-state index contributed by atoms with van der Waals surface area (Å²) in [4.78, 5) is 11.9. The highest BCUT2D eigenvalue weighted by Crippen LogP contribution is 2.21. The van der Waals surface area contributed by atoms with Crippen LogP contribution in [-0.4, -0.2) is 29.7 Å². The van der Waals surface area contributed by atoms with Crippen LogP contribution in [0.3, 0.4) is 0 Å². The van der Waals surface area contributed by atoms with Crippen molar-refractivity contribution < 1.29 is 9.90 Å². The second-order valence-electron chi connectivity index (χ2n) is 6.15. The summed E-state index contributed by atoms with van der Waals surface area (Å²) in [5, 5.41) is 12.8. The number of rotatable bonds is 7. The zero-order valence-corrected chi connectivity index (χ0v) is 12.4. The molecular weight excluding hydrogens is 240 g/mol. The molecule has 0 bridgehead atoms. The molecule has 0 spiro atoms. The van der Waals surface area contributed by atoms with Gasteiger partial charge in [0.15, 0.2) is 0 Å². The van der Waals surface area contributed by atoms with E-state index in [-0.39, 0.29) is 18.1 Å². The Bertz CT molecular complexity index is 269. The molecule has 1 aliphatic rings. The Labute approximate surface area is 117 Å². The first-order chi connectivity index (χ1) is 9.04. The summed E-state index contributed by atoms with van der Waals surface area (Å²) in [5.41, 5.74) is 5.61. The van der Waals surface area contributed by atoms with Gasteiger partial charge in [-0.2, -0.15) is 0 Å². The van der Waals surface area contributed by atoms with Gasteiger partial charge in [-0.15, -0.1) is 0 Å². The molecule has 0 aromatic carbocycles. The van der Waals surface area contributed by atoms with Gasteiger partial charge in [0.2, 0.25) is 5.91 Å². The summed E-state index contributed by atoms with van der Waals surface area (Å²) in [6.45, 7) is 5.05. The van der Waals surface area contributed by atoms with Gasteiger partial charge in [0.1, 0.15) is 0 Å². The first-order valence-electron chi connectivity index (χ1n) is 7.72. The molecule has 1 unspecified atom stereocenters. The third-order valence-corrected chi connectivity index (χ3v) is 4.30. The molecule has 0 saturated heterocycles. The van der Waals surface area contributed by atoms with Gasteiger partial charge in [0.25, 0.3) is 0 Å². The van der Waals surface area contributed by atoms with E-state index in [9.17, 15) is 9.90 Å². The number of aliphatic hydroxyl groups is 1. The fourth-order valence-corrected chi connectivity index (χ4v) is 2.90. The molecule has 1 aliphatic carbocycles. The maximum absolute atomic E-state index is 11.9. The molecule has 0 aliphatic heterocycles. The van der Waals surface area contributed by atoms with Crippen LogP contribution in [0.15, 0.2) is 0 Å². The highest BCUT2D eigenvalue weighted by atomic mass is 16.3. The van der Waals surface area contributed by atoms with E-state index in [2.05, 4.69) is 19.2 Å². The number of nitrogens with two attached hydrogens (primary N) is 1. The predicted molar refractivity (Wildman–Crippen MR) is 77.6 cm³/mol. The van der Waals surface area contributed by atoms with Crippen molar-refractivity contribution in [2.45, 2.75) is 70.9 Å². The zero-order valence-electron chi connectivity index (χ0n) is 12.4. The van der Waals surface area contributed by atoms with Gasteiger partial charge >= 0.3 is 0 Å². The van der Waals surface area contributed by atoms with Crippen molar-refractivity contribution in [2.75, 3.05) is 6.54 Å². The number of nitrogens with one attached hydrogen (secondary N) is 1. The third kappa shape index (κ3) is 5.91. The molecule has 0 aromatic heterocycles. The molecule has 4 heteroatoms. The van der Waals surface area contributed by atoms with Crippen LogP contribution in [0.25, 0.3) is 0 Å². The van der Waals surface area contributed by atoms with E-state index in [4.69, 9.17) is 5.73 Å². The highest BCUT2D eigenvalue weighted by molar-refractivity contribution is 5.76. The van der Waals surface area contributed by atoms with E-state index < -0.39 is 0 Å². The fourth-order valence-electron chi connectivity index (χ4n) is 2.90. The molecule has 1 rings (SSSR count). The number of carbonyl (C=O) groups excluding carboxylic acids is 1. The Morgan fingerprint density at radius 3 is 2.58 bits per heavy atom. The molecule has 0 aromatic rings. The smallest absolute Gasteiger partial charge is 0.220 e. The van der Waals surface area contributed by atoms with Gasteiger partial charge < -0.3 is 16.2 Å². The lowest BCUT2D eigenvalue weighted by Gasteiger charge is -2.28. The molecule has 112 valence electrons. The highest BCUT2D eigenvalue weighted by Gasteiger charge is 2.24. The van der Waals surface area contributed by atoms with Crippen molar-refractivity contribution >= 4 is 5.91 Å². The number of carbonyl (C=O) groups is 1. The molecule has 1 saturated carbocycles. The second-order valence-corrected chi connectivity index (χ2v) is 6.15. The molecule has 0 heterocycles. The lowest BCUT2D eigenvalue weighted by molar-refractivity contribution is -0.123. The number of amides is 1. The largest absolute Gasteiger partial charge is 0.391 e. The molecule has 0 radical (unpaired) electrons. The Morgan fingerprint density at radius 2 is 2.00 bits per heavy atom. The maximum atomic E-state index is 11.9. The van der Waals surface area contributed by atoms with Gasteiger partial charge in [0.05, 0.1) is 12.1 Å². The van der Waals surface area contributed by atoms with Crippen molar-refractivity contribution in [1.82, 2.24) is 5.32 Å². The average Bonchev–Trinajstić information content (AvgIpc) is 2.37. The van der Waals surface area contributed by atoms with Crippen LogP contribution < -0.4 is 11.1 Å². The Kier molecular flexibility index (Phi) is 7.39. The van der Waals surface area contributed by atoms with Crippen LogP contribution in [-0.2, 0) is 4.79 Å². The van der Waals surface area contributed by atoms with Crippen LogP contribution in [0.1, 0.15) is 58.8 Å². The van der Waals surface area contributed by atoms with Gasteiger partial charge in [-0.25, -0.2) is 0 Å².